The van der Waals surface area contributed by atoms with Crippen molar-refractivity contribution in [2.45, 2.75) is 6.92 Å². The van der Waals surface area contributed by atoms with E-state index < -0.39 is 0 Å². The molecule has 0 aliphatic carbocycles. The van der Waals surface area contributed by atoms with Gasteiger partial charge in [0.15, 0.2) is 5.78 Å². The standard InChI is InChI=1S/C6H10N2OS/c1-5(9)6-4-10(3)8(2)7-6/h4H,1-3H3. The van der Waals surface area contributed by atoms with Gasteiger partial charge in [-0.2, -0.15) is 5.10 Å². The summed E-state index contributed by atoms with van der Waals surface area (Å²) < 4.78 is 1.80. The van der Waals surface area contributed by atoms with Gasteiger partial charge in [-0.1, -0.05) is 10.7 Å². The fourth-order valence-electron chi connectivity index (χ4n) is 0.631. The second-order valence-corrected chi connectivity index (χ2v) is 3.96. The van der Waals surface area contributed by atoms with Crippen LogP contribution in [-0.2, 0) is 4.79 Å². The number of hydrogen-bond acceptors (Lipinski definition) is 3. The Hall–Kier alpha value is -0.640. The molecule has 0 aromatic carbocycles. The summed E-state index contributed by atoms with van der Waals surface area (Å²) in [5, 5.41) is 5.92. The van der Waals surface area contributed by atoms with Crippen molar-refractivity contribution in [2.75, 3.05) is 13.3 Å². The van der Waals surface area contributed by atoms with Crippen LogP contribution in [0.5, 0.6) is 0 Å². The van der Waals surface area contributed by atoms with Crippen molar-refractivity contribution in [3.63, 3.8) is 0 Å². The van der Waals surface area contributed by atoms with Crippen LogP contribution >= 0.6 is 10.7 Å². The largest absolute Gasteiger partial charge is 0.293 e. The van der Waals surface area contributed by atoms with Gasteiger partial charge in [0.05, 0.1) is 0 Å². The average Bonchev–Trinajstić information content (AvgIpc) is 2.13. The van der Waals surface area contributed by atoms with E-state index in [1.165, 1.54) is 6.92 Å². The van der Waals surface area contributed by atoms with Crippen molar-refractivity contribution in [1.82, 2.24) is 4.41 Å². The van der Waals surface area contributed by atoms with Gasteiger partial charge in [-0.3, -0.25) is 4.79 Å². The van der Waals surface area contributed by atoms with Gasteiger partial charge in [0, 0.05) is 19.3 Å². The van der Waals surface area contributed by atoms with Crippen LogP contribution in [0.3, 0.4) is 0 Å². The van der Waals surface area contributed by atoms with Crippen LogP contribution in [0.2, 0.25) is 0 Å². The summed E-state index contributed by atoms with van der Waals surface area (Å²) in [6.07, 6.45) is 2.03. The minimum Gasteiger partial charge on any atom is -0.293 e. The SMILES string of the molecule is CC(=O)C1=NN(C)S(C)=C1. The highest BCUT2D eigenvalue weighted by atomic mass is 32.2. The molecule has 1 aliphatic rings. The Morgan fingerprint density at radius 3 is 2.60 bits per heavy atom. The summed E-state index contributed by atoms with van der Waals surface area (Å²) in [5.74, 6) is 0.0451. The molecule has 0 aromatic rings. The molecule has 1 unspecified atom stereocenters. The van der Waals surface area contributed by atoms with E-state index in [1.54, 1.807) is 4.41 Å². The molecular weight excluding hydrogens is 148 g/mol. The molecule has 0 amide bonds. The summed E-state index contributed by atoms with van der Waals surface area (Å²) in [7, 11) is 1.89. The third kappa shape index (κ3) is 1.26. The van der Waals surface area contributed by atoms with Crippen molar-refractivity contribution in [1.29, 1.82) is 0 Å². The van der Waals surface area contributed by atoms with Crippen LogP contribution < -0.4 is 0 Å². The lowest BCUT2D eigenvalue weighted by Crippen LogP contribution is -2.08. The van der Waals surface area contributed by atoms with Crippen LogP contribution in [0, 0.1) is 0 Å². The van der Waals surface area contributed by atoms with Crippen LogP contribution in [0.4, 0.5) is 0 Å². The summed E-state index contributed by atoms with van der Waals surface area (Å²) in [6, 6.07) is 0. The van der Waals surface area contributed by atoms with E-state index in [0.717, 1.165) is 0 Å². The highest BCUT2D eigenvalue weighted by Gasteiger charge is 2.11. The molecule has 4 heteroatoms. The van der Waals surface area contributed by atoms with Gasteiger partial charge in [-0.05, 0) is 6.26 Å². The molecule has 0 N–H and O–H groups in total. The number of ketones is 1. The maximum Gasteiger partial charge on any atom is 0.180 e. The average molecular weight is 158 g/mol. The molecule has 0 saturated heterocycles. The summed E-state index contributed by atoms with van der Waals surface area (Å²) in [6.45, 7) is 1.53. The van der Waals surface area contributed by atoms with Gasteiger partial charge < -0.3 is 0 Å². The van der Waals surface area contributed by atoms with Crippen LogP contribution in [0.25, 0.3) is 0 Å². The smallest absolute Gasteiger partial charge is 0.180 e. The predicted octanol–water partition coefficient (Wildman–Crippen LogP) is 0.493. The Morgan fingerprint density at radius 2 is 2.40 bits per heavy atom. The minimum atomic E-state index is 0.0156. The number of rotatable bonds is 1. The first-order valence-electron chi connectivity index (χ1n) is 2.94. The van der Waals surface area contributed by atoms with E-state index in [1.807, 2.05) is 18.7 Å². The molecule has 1 rings (SSSR count). The van der Waals surface area contributed by atoms with Crippen molar-refractivity contribution in [3.8, 4) is 0 Å². The zero-order valence-corrected chi connectivity index (χ0v) is 7.10. The van der Waals surface area contributed by atoms with Crippen molar-refractivity contribution >= 4 is 27.5 Å². The number of Topliss-reactive ketones (excluding diaryl/α,β-unsaturated/α-hetero) is 1. The topological polar surface area (TPSA) is 32.7 Å². The summed E-state index contributed by atoms with van der Waals surface area (Å²) in [5.41, 5.74) is 0.591. The molecule has 0 radical (unpaired) electrons. The molecule has 0 bridgehead atoms. The fourth-order valence-corrected chi connectivity index (χ4v) is 1.54. The zero-order valence-electron chi connectivity index (χ0n) is 6.29. The lowest BCUT2D eigenvalue weighted by molar-refractivity contribution is -0.110. The maximum absolute atomic E-state index is 10.8. The second-order valence-electron chi connectivity index (χ2n) is 2.15. The first-order valence-corrected chi connectivity index (χ1v) is 4.59. The molecule has 3 nitrogen and oxygen atoms in total. The predicted molar refractivity (Wildman–Crippen MR) is 45.5 cm³/mol. The molecule has 1 aliphatic heterocycles. The van der Waals surface area contributed by atoms with E-state index in [4.69, 9.17) is 0 Å². The van der Waals surface area contributed by atoms with Gasteiger partial charge in [0.1, 0.15) is 5.71 Å². The Balaban J connectivity index is 2.85. The van der Waals surface area contributed by atoms with Crippen molar-refractivity contribution < 1.29 is 4.79 Å². The Morgan fingerprint density at radius 1 is 1.80 bits per heavy atom. The van der Waals surface area contributed by atoms with Crippen molar-refractivity contribution in [3.05, 3.63) is 0 Å². The number of hydrogen-bond donors (Lipinski definition) is 0. The van der Waals surface area contributed by atoms with E-state index in [-0.39, 0.29) is 16.5 Å². The first-order chi connectivity index (χ1) is 4.61. The van der Waals surface area contributed by atoms with Gasteiger partial charge in [0.2, 0.25) is 0 Å². The quantitative estimate of drug-likeness (QED) is 0.520. The molecule has 0 spiro atoms. The van der Waals surface area contributed by atoms with Crippen LogP contribution in [0.1, 0.15) is 6.92 Å². The van der Waals surface area contributed by atoms with Gasteiger partial charge in [-0.15, -0.1) is 0 Å². The lowest BCUT2D eigenvalue weighted by atomic mass is 10.3. The lowest BCUT2D eigenvalue weighted by Gasteiger charge is -2.06. The number of carbonyl (C=O) groups is 1. The zero-order chi connectivity index (χ0) is 7.72. The second kappa shape index (κ2) is 2.54. The van der Waals surface area contributed by atoms with E-state index in [0.29, 0.717) is 5.71 Å². The third-order valence-electron chi connectivity index (χ3n) is 1.31. The molecule has 1 heterocycles. The maximum atomic E-state index is 10.8. The van der Waals surface area contributed by atoms with E-state index in [2.05, 4.69) is 5.10 Å². The number of hydrazone groups is 1. The third-order valence-corrected chi connectivity index (χ3v) is 2.79. The molecule has 0 fully saturated rings. The molecule has 0 aromatic heterocycles. The number of nitrogens with zero attached hydrogens (tertiary/aromatic N) is 2. The van der Waals surface area contributed by atoms with Gasteiger partial charge >= 0.3 is 0 Å². The normalized spacial score (nSPS) is 24.1. The highest BCUT2D eigenvalue weighted by molar-refractivity contribution is 8.13. The Kier molecular flexibility index (Phi) is 1.89. The molecule has 1 atom stereocenters. The molecule has 0 saturated carbocycles. The monoisotopic (exact) mass is 158 g/mol. The van der Waals surface area contributed by atoms with Crippen molar-refractivity contribution in [2.24, 2.45) is 5.10 Å². The minimum absolute atomic E-state index is 0.0156. The number of carbonyl (C=O) groups excluding carboxylic acids is 1. The molecule has 10 heavy (non-hydrogen) atoms. The highest BCUT2D eigenvalue weighted by Crippen LogP contribution is 2.17. The Bertz CT molecular complexity index is 232. The fraction of sp³-hybridized carbons (Fsp3) is 0.500. The van der Waals surface area contributed by atoms with E-state index >= 15 is 0 Å². The summed E-state index contributed by atoms with van der Waals surface area (Å²) in [4.78, 5) is 10.8. The van der Waals surface area contributed by atoms with Gasteiger partial charge in [0.25, 0.3) is 0 Å². The van der Waals surface area contributed by atoms with E-state index in [9.17, 15) is 4.79 Å². The Labute approximate surface area is 62.8 Å². The molecular formula is C6H10N2OS. The van der Waals surface area contributed by atoms with Crippen LogP contribution in [-0.4, -0.2) is 34.6 Å². The van der Waals surface area contributed by atoms with Crippen LogP contribution in [0.15, 0.2) is 5.10 Å². The molecule has 56 valence electrons. The first kappa shape index (κ1) is 7.47. The van der Waals surface area contributed by atoms with Gasteiger partial charge in [-0.25, -0.2) is 4.41 Å². The summed E-state index contributed by atoms with van der Waals surface area (Å²) >= 11 is 0.